The quantitative estimate of drug-likeness (QED) is 0.709. The largest absolute Gasteiger partial charge is 0.478 e. The van der Waals surface area contributed by atoms with E-state index in [0.29, 0.717) is 22.3 Å². The van der Waals surface area contributed by atoms with Crippen molar-refractivity contribution in [2.24, 2.45) is 0 Å². The van der Waals surface area contributed by atoms with E-state index in [1.807, 2.05) is 24.8 Å². The van der Waals surface area contributed by atoms with E-state index in [1.165, 1.54) is 37.0 Å². The summed E-state index contributed by atoms with van der Waals surface area (Å²) in [4.78, 5) is 26.0. The van der Waals surface area contributed by atoms with Gasteiger partial charge in [0.1, 0.15) is 0 Å². The molecule has 6 heteroatoms. The third kappa shape index (κ3) is 4.42. The van der Waals surface area contributed by atoms with E-state index in [1.54, 1.807) is 25.1 Å². The van der Waals surface area contributed by atoms with Crippen molar-refractivity contribution < 1.29 is 14.3 Å². The molecule has 1 atom stereocenters. The number of carbonyl (C=O) groups is 2. The zero-order chi connectivity index (χ0) is 20.4. The normalized spacial score (nSPS) is 19.1. The van der Waals surface area contributed by atoms with Gasteiger partial charge in [0, 0.05) is 15.8 Å². The predicted octanol–water partition coefficient (Wildman–Crippen LogP) is 5.39. The Hall–Kier alpha value is -2.47. The highest BCUT2D eigenvalue weighted by molar-refractivity contribution is 8.00. The molecule has 0 saturated heterocycles. The highest BCUT2D eigenvalue weighted by atomic mass is 32.2. The smallest absolute Gasteiger partial charge is 0.265 e. The molecule has 2 aromatic carbocycles. The molecule has 0 radical (unpaired) electrons. The molecule has 5 nitrogen and oxygen atoms in total. The summed E-state index contributed by atoms with van der Waals surface area (Å²) in [6.45, 7) is 3.68. The molecule has 1 saturated carbocycles. The molecule has 0 spiro atoms. The van der Waals surface area contributed by atoms with Crippen LogP contribution in [0.25, 0.3) is 0 Å². The molecule has 2 aliphatic rings. The number of benzene rings is 2. The second kappa shape index (κ2) is 8.49. The lowest BCUT2D eigenvalue weighted by Crippen LogP contribution is -2.35. The molecule has 0 aromatic heterocycles. The Labute approximate surface area is 175 Å². The summed E-state index contributed by atoms with van der Waals surface area (Å²) in [5, 5.41) is 6.47. The molecule has 0 bridgehead atoms. The van der Waals surface area contributed by atoms with Crippen LogP contribution in [0.1, 0.15) is 54.9 Å². The van der Waals surface area contributed by atoms with Crippen LogP contribution in [0.5, 0.6) is 5.75 Å². The summed E-state index contributed by atoms with van der Waals surface area (Å²) in [6.07, 6.45) is 5.96. The Morgan fingerprint density at radius 3 is 2.72 bits per heavy atom. The average Bonchev–Trinajstić information content (AvgIpc) is 2.71. The standard InChI is InChI=1S/C23H26N2O3S/c1-14-13-17(29-16-7-4-3-5-8-16)11-12-19(14)24-23(27)18-9-6-10-20-21(18)28-15(2)22(26)25-20/h6,9-13,15-16H,3-5,7-8H2,1-2H3,(H,24,27)(H,25,26). The molecule has 1 aliphatic carbocycles. The number of carbonyl (C=O) groups excluding carboxylic acids is 2. The maximum Gasteiger partial charge on any atom is 0.265 e. The Balaban J connectivity index is 1.49. The van der Waals surface area contributed by atoms with Gasteiger partial charge < -0.3 is 15.4 Å². The summed E-state index contributed by atoms with van der Waals surface area (Å²) < 4.78 is 5.69. The minimum atomic E-state index is -0.630. The van der Waals surface area contributed by atoms with Gasteiger partial charge in [0.15, 0.2) is 11.9 Å². The molecule has 2 aromatic rings. The average molecular weight is 411 g/mol. The van der Waals surface area contributed by atoms with Crippen LogP contribution in [0.2, 0.25) is 0 Å². The zero-order valence-electron chi connectivity index (χ0n) is 16.8. The van der Waals surface area contributed by atoms with Crippen molar-refractivity contribution in [2.75, 3.05) is 10.6 Å². The van der Waals surface area contributed by atoms with Gasteiger partial charge in [-0.15, -0.1) is 11.8 Å². The minimum absolute atomic E-state index is 0.211. The second-order valence-corrected chi connectivity index (χ2v) is 9.11. The molecule has 1 heterocycles. The number of aryl methyl sites for hydroxylation is 1. The monoisotopic (exact) mass is 410 g/mol. The molecule has 1 aliphatic heterocycles. The van der Waals surface area contributed by atoms with Crippen molar-refractivity contribution in [1.82, 2.24) is 0 Å². The fourth-order valence-corrected chi connectivity index (χ4v) is 5.17. The lowest BCUT2D eigenvalue weighted by molar-refractivity contribution is -0.122. The molecule has 4 rings (SSSR count). The van der Waals surface area contributed by atoms with Gasteiger partial charge >= 0.3 is 0 Å². The van der Waals surface area contributed by atoms with Gasteiger partial charge in [0.25, 0.3) is 11.8 Å². The summed E-state index contributed by atoms with van der Waals surface area (Å²) >= 11 is 1.95. The maximum absolute atomic E-state index is 12.9. The van der Waals surface area contributed by atoms with Crippen molar-refractivity contribution in [3.05, 3.63) is 47.5 Å². The van der Waals surface area contributed by atoms with Crippen molar-refractivity contribution in [3.63, 3.8) is 0 Å². The summed E-state index contributed by atoms with van der Waals surface area (Å²) in [5.41, 5.74) is 2.76. The van der Waals surface area contributed by atoms with Gasteiger partial charge in [-0.05, 0) is 62.6 Å². The van der Waals surface area contributed by atoms with Crippen LogP contribution in [-0.2, 0) is 4.79 Å². The fraction of sp³-hybridized carbons (Fsp3) is 0.391. The molecule has 2 N–H and O–H groups in total. The highest BCUT2D eigenvalue weighted by Crippen LogP contribution is 2.36. The van der Waals surface area contributed by atoms with Gasteiger partial charge in [0.2, 0.25) is 0 Å². The first-order chi connectivity index (χ1) is 14.0. The van der Waals surface area contributed by atoms with E-state index in [0.717, 1.165) is 11.3 Å². The van der Waals surface area contributed by atoms with Gasteiger partial charge in [-0.1, -0.05) is 25.3 Å². The van der Waals surface area contributed by atoms with Crippen molar-refractivity contribution in [1.29, 1.82) is 0 Å². The number of ether oxygens (including phenoxy) is 1. The van der Waals surface area contributed by atoms with E-state index < -0.39 is 6.10 Å². The number of fused-ring (bicyclic) bond motifs is 1. The first-order valence-electron chi connectivity index (χ1n) is 10.2. The summed E-state index contributed by atoms with van der Waals surface area (Å²) in [6, 6.07) is 11.4. The number of thioether (sulfide) groups is 1. The first-order valence-corrected chi connectivity index (χ1v) is 11.1. The van der Waals surface area contributed by atoms with E-state index in [2.05, 4.69) is 22.8 Å². The molecule has 152 valence electrons. The van der Waals surface area contributed by atoms with E-state index >= 15 is 0 Å². The van der Waals surface area contributed by atoms with Gasteiger partial charge in [0.05, 0.1) is 11.3 Å². The lowest BCUT2D eigenvalue weighted by Gasteiger charge is -2.25. The van der Waals surface area contributed by atoms with Crippen LogP contribution >= 0.6 is 11.8 Å². The number of rotatable bonds is 4. The van der Waals surface area contributed by atoms with E-state index in [9.17, 15) is 9.59 Å². The van der Waals surface area contributed by atoms with Crippen LogP contribution in [0.4, 0.5) is 11.4 Å². The predicted molar refractivity (Wildman–Crippen MR) is 117 cm³/mol. The molecule has 1 unspecified atom stereocenters. The van der Waals surface area contributed by atoms with Crippen LogP contribution in [0, 0.1) is 6.92 Å². The maximum atomic E-state index is 12.9. The topological polar surface area (TPSA) is 67.4 Å². The van der Waals surface area contributed by atoms with Crippen LogP contribution < -0.4 is 15.4 Å². The number of hydrogen-bond donors (Lipinski definition) is 2. The van der Waals surface area contributed by atoms with Crippen molar-refractivity contribution >= 4 is 35.0 Å². The zero-order valence-corrected chi connectivity index (χ0v) is 17.6. The molecule has 1 fully saturated rings. The first kappa shape index (κ1) is 19.8. The molecular formula is C23H26N2O3S. The number of para-hydroxylation sites is 1. The lowest BCUT2D eigenvalue weighted by atomic mass is 10.0. The Morgan fingerprint density at radius 2 is 1.97 bits per heavy atom. The fourth-order valence-electron chi connectivity index (χ4n) is 3.82. The van der Waals surface area contributed by atoms with E-state index in [-0.39, 0.29) is 11.8 Å². The molecule has 2 amide bonds. The Kier molecular flexibility index (Phi) is 5.81. The third-order valence-electron chi connectivity index (χ3n) is 5.48. The molecule has 29 heavy (non-hydrogen) atoms. The SMILES string of the molecule is Cc1cc(SC2CCCCC2)ccc1NC(=O)c1cccc2c1OC(C)C(=O)N2. The third-order valence-corrected chi connectivity index (χ3v) is 6.81. The Bertz CT molecular complexity index is 938. The van der Waals surface area contributed by atoms with Crippen molar-refractivity contribution in [3.8, 4) is 5.75 Å². The van der Waals surface area contributed by atoms with Gasteiger partial charge in [-0.25, -0.2) is 0 Å². The number of amides is 2. The number of hydrogen-bond acceptors (Lipinski definition) is 4. The van der Waals surface area contributed by atoms with Gasteiger partial charge in [-0.3, -0.25) is 9.59 Å². The van der Waals surface area contributed by atoms with Gasteiger partial charge in [-0.2, -0.15) is 0 Å². The number of nitrogens with one attached hydrogen (secondary N) is 2. The van der Waals surface area contributed by atoms with Crippen LogP contribution in [0.15, 0.2) is 41.3 Å². The van der Waals surface area contributed by atoms with E-state index in [4.69, 9.17) is 4.74 Å². The highest BCUT2D eigenvalue weighted by Gasteiger charge is 2.27. The summed E-state index contributed by atoms with van der Waals surface area (Å²) in [7, 11) is 0. The number of anilines is 2. The Morgan fingerprint density at radius 1 is 1.17 bits per heavy atom. The van der Waals surface area contributed by atoms with Crippen LogP contribution in [0.3, 0.4) is 0 Å². The summed E-state index contributed by atoms with van der Waals surface area (Å²) in [5.74, 6) is -0.0443. The molecular weight excluding hydrogens is 384 g/mol. The van der Waals surface area contributed by atoms with Crippen molar-refractivity contribution in [2.45, 2.75) is 62.2 Å². The second-order valence-electron chi connectivity index (χ2n) is 7.74. The minimum Gasteiger partial charge on any atom is -0.478 e. The van der Waals surface area contributed by atoms with Crippen LogP contribution in [-0.4, -0.2) is 23.2 Å².